The molecule has 1 aromatic heterocycles. The van der Waals surface area contributed by atoms with E-state index in [1.54, 1.807) is 18.2 Å². The van der Waals surface area contributed by atoms with E-state index in [1.165, 1.54) is 0 Å². The van der Waals surface area contributed by atoms with Gasteiger partial charge in [-0.05, 0) is 36.4 Å². The van der Waals surface area contributed by atoms with Crippen LogP contribution < -0.4 is 4.72 Å². The molecule has 3 aromatic rings. The summed E-state index contributed by atoms with van der Waals surface area (Å²) in [7, 11) is -3.67. The number of anilines is 1. The summed E-state index contributed by atoms with van der Waals surface area (Å²) in [5.74, 6) is 0.861. The lowest BCUT2D eigenvalue weighted by Gasteiger charge is -2.10. The average molecular weight is 324 g/mol. The number of pyridine rings is 1. The molecule has 1 N–H and O–H groups in total. The van der Waals surface area contributed by atoms with E-state index in [0.717, 1.165) is 23.9 Å². The summed E-state index contributed by atoms with van der Waals surface area (Å²) in [5.41, 5.74) is 0.961. The minimum Gasteiger partial charge on any atom is -0.263 e. The van der Waals surface area contributed by atoms with Crippen LogP contribution in [0.1, 0.15) is 24.5 Å². The Kier molecular flexibility index (Phi) is 3.31. The van der Waals surface area contributed by atoms with Crippen LogP contribution in [0.4, 0.5) is 5.82 Å². The van der Waals surface area contributed by atoms with Crippen molar-refractivity contribution < 1.29 is 8.42 Å². The van der Waals surface area contributed by atoms with Crippen molar-refractivity contribution >= 4 is 26.6 Å². The Balaban J connectivity index is 1.73. The van der Waals surface area contributed by atoms with Crippen LogP contribution in [-0.2, 0) is 10.0 Å². The number of nitrogens with zero attached hydrogens (tertiary/aromatic N) is 1. The third-order valence-corrected chi connectivity index (χ3v) is 5.46. The van der Waals surface area contributed by atoms with Gasteiger partial charge in [-0.2, -0.15) is 0 Å². The van der Waals surface area contributed by atoms with Crippen LogP contribution in [0.25, 0.3) is 10.8 Å². The van der Waals surface area contributed by atoms with Crippen molar-refractivity contribution in [3.05, 3.63) is 66.4 Å². The zero-order valence-corrected chi connectivity index (χ0v) is 13.3. The lowest BCUT2D eigenvalue weighted by molar-refractivity contribution is 0.602. The molecule has 116 valence electrons. The number of hydrogen-bond donors (Lipinski definition) is 1. The Hall–Kier alpha value is -2.40. The Morgan fingerprint density at radius 1 is 0.913 bits per heavy atom. The van der Waals surface area contributed by atoms with E-state index in [4.69, 9.17) is 0 Å². The van der Waals surface area contributed by atoms with Gasteiger partial charge in [0.05, 0.1) is 4.90 Å². The van der Waals surface area contributed by atoms with Gasteiger partial charge in [0.2, 0.25) is 0 Å². The first-order chi connectivity index (χ1) is 11.1. The monoisotopic (exact) mass is 324 g/mol. The fourth-order valence-corrected chi connectivity index (χ4v) is 3.97. The molecule has 0 spiro atoms. The Bertz CT molecular complexity index is 974. The van der Waals surface area contributed by atoms with E-state index in [2.05, 4.69) is 9.71 Å². The molecule has 4 nitrogen and oxygen atoms in total. The molecule has 0 atom stereocenters. The molecule has 0 radical (unpaired) electrons. The Labute approximate surface area is 135 Å². The fraction of sp³-hybridized carbons (Fsp3) is 0.167. The summed E-state index contributed by atoms with van der Waals surface area (Å²) in [6.07, 6.45) is 2.26. The number of rotatable bonds is 4. The van der Waals surface area contributed by atoms with Gasteiger partial charge in [0.15, 0.2) is 0 Å². The van der Waals surface area contributed by atoms with E-state index in [1.807, 2.05) is 42.5 Å². The summed E-state index contributed by atoms with van der Waals surface area (Å²) in [4.78, 5) is 4.71. The predicted octanol–water partition coefficient (Wildman–Crippen LogP) is 3.91. The molecule has 4 rings (SSSR count). The van der Waals surface area contributed by atoms with Crippen LogP contribution in [0, 0.1) is 0 Å². The maximum Gasteiger partial charge on any atom is 0.263 e. The summed E-state index contributed by atoms with van der Waals surface area (Å²) in [6, 6.07) is 18.2. The van der Waals surface area contributed by atoms with Crippen LogP contribution in [0.15, 0.2) is 65.6 Å². The standard InChI is InChI=1S/C18H16N2O2S/c21-23(22,17-9-3-6-13-5-1-2-7-15(13)17)20-18-10-4-8-16(19-18)14-11-12-14/h1-10,14H,11-12H2,(H,19,20). The highest BCUT2D eigenvalue weighted by molar-refractivity contribution is 7.93. The summed E-state index contributed by atoms with van der Waals surface area (Å²) >= 11 is 0. The van der Waals surface area contributed by atoms with E-state index in [-0.39, 0.29) is 4.90 Å². The second kappa shape index (κ2) is 5.35. The van der Waals surface area contributed by atoms with Crippen LogP contribution in [0.3, 0.4) is 0 Å². The van der Waals surface area contributed by atoms with Gasteiger partial charge in [-0.15, -0.1) is 0 Å². The SMILES string of the molecule is O=S(=O)(Nc1cccc(C2CC2)n1)c1cccc2ccccc12. The third kappa shape index (κ3) is 2.80. The molecule has 0 unspecified atom stereocenters. The quantitative estimate of drug-likeness (QED) is 0.791. The van der Waals surface area contributed by atoms with Crippen molar-refractivity contribution in [2.75, 3.05) is 4.72 Å². The lowest BCUT2D eigenvalue weighted by atomic mass is 10.1. The number of benzene rings is 2. The van der Waals surface area contributed by atoms with Gasteiger partial charge in [0, 0.05) is 17.0 Å². The maximum absolute atomic E-state index is 12.8. The molecule has 5 heteroatoms. The minimum absolute atomic E-state index is 0.272. The zero-order chi connectivity index (χ0) is 15.9. The molecule has 1 aliphatic rings. The molecular weight excluding hydrogens is 308 g/mol. The van der Waals surface area contributed by atoms with Gasteiger partial charge < -0.3 is 0 Å². The zero-order valence-electron chi connectivity index (χ0n) is 12.4. The maximum atomic E-state index is 12.8. The van der Waals surface area contributed by atoms with E-state index >= 15 is 0 Å². The molecule has 0 bridgehead atoms. The van der Waals surface area contributed by atoms with Gasteiger partial charge >= 0.3 is 0 Å². The summed E-state index contributed by atoms with van der Waals surface area (Å²) in [6.45, 7) is 0. The first kappa shape index (κ1) is 14.2. The van der Waals surface area contributed by atoms with Gasteiger partial charge in [0.1, 0.15) is 5.82 Å². The number of fused-ring (bicyclic) bond motifs is 1. The normalized spacial score (nSPS) is 14.8. The topological polar surface area (TPSA) is 59.1 Å². The van der Waals surface area contributed by atoms with Crippen LogP contribution in [0.5, 0.6) is 0 Å². The fourth-order valence-electron chi connectivity index (χ4n) is 2.74. The van der Waals surface area contributed by atoms with Crippen molar-refractivity contribution in [2.24, 2.45) is 0 Å². The summed E-state index contributed by atoms with van der Waals surface area (Å²) < 4.78 is 28.1. The number of aromatic nitrogens is 1. The third-order valence-electron chi connectivity index (χ3n) is 4.04. The second-order valence-corrected chi connectivity index (χ2v) is 7.46. The molecule has 0 amide bonds. The van der Waals surface area contributed by atoms with Crippen molar-refractivity contribution in [1.29, 1.82) is 0 Å². The molecule has 2 aromatic carbocycles. The Morgan fingerprint density at radius 3 is 2.48 bits per heavy atom. The van der Waals surface area contributed by atoms with E-state index in [0.29, 0.717) is 17.1 Å². The highest BCUT2D eigenvalue weighted by Gasteiger charge is 2.25. The van der Waals surface area contributed by atoms with E-state index < -0.39 is 10.0 Å². The van der Waals surface area contributed by atoms with Gasteiger partial charge in [0.25, 0.3) is 10.0 Å². The number of nitrogens with one attached hydrogen (secondary N) is 1. The second-order valence-electron chi connectivity index (χ2n) is 5.80. The van der Waals surface area contributed by atoms with Crippen molar-refractivity contribution in [3.8, 4) is 0 Å². The molecule has 1 heterocycles. The smallest absolute Gasteiger partial charge is 0.263 e. The lowest BCUT2D eigenvalue weighted by Crippen LogP contribution is -2.14. The molecule has 1 aliphatic carbocycles. The molecule has 23 heavy (non-hydrogen) atoms. The van der Waals surface area contributed by atoms with Crippen LogP contribution in [-0.4, -0.2) is 13.4 Å². The molecule has 1 fully saturated rings. The Morgan fingerprint density at radius 2 is 1.65 bits per heavy atom. The van der Waals surface area contributed by atoms with Crippen molar-refractivity contribution in [3.63, 3.8) is 0 Å². The van der Waals surface area contributed by atoms with Crippen molar-refractivity contribution in [1.82, 2.24) is 4.98 Å². The predicted molar refractivity (Wildman–Crippen MR) is 91.0 cm³/mol. The first-order valence-electron chi connectivity index (χ1n) is 7.61. The van der Waals surface area contributed by atoms with E-state index in [9.17, 15) is 8.42 Å². The molecular formula is C18H16N2O2S. The molecule has 1 saturated carbocycles. The van der Waals surface area contributed by atoms with Gasteiger partial charge in [-0.3, -0.25) is 4.72 Å². The van der Waals surface area contributed by atoms with Gasteiger partial charge in [-0.1, -0.05) is 42.5 Å². The summed E-state index contributed by atoms with van der Waals surface area (Å²) in [5, 5.41) is 1.61. The van der Waals surface area contributed by atoms with Crippen molar-refractivity contribution in [2.45, 2.75) is 23.7 Å². The molecule has 0 saturated heterocycles. The number of hydrogen-bond acceptors (Lipinski definition) is 3. The highest BCUT2D eigenvalue weighted by atomic mass is 32.2. The first-order valence-corrected chi connectivity index (χ1v) is 9.09. The molecule has 0 aliphatic heterocycles. The van der Waals surface area contributed by atoms with Crippen LogP contribution in [0.2, 0.25) is 0 Å². The van der Waals surface area contributed by atoms with Gasteiger partial charge in [-0.25, -0.2) is 13.4 Å². The number of sulfonamides is 1. The minimum atomic E-state index is -3.67. The highest BCUT2D eigenvalue weighted by Crippen LogP contribution is 2.39. The van der Waals surface area contributed by atoms with Crippen LogP contribution >= 0.6 is 0 Å². The largest absolute Gasteiger partial charge is 0.263 e. The average Bonchev–Trinajstić information content (AvgIpc) is 3.39.